The van der Waals surface area contributed by atoms with Crippen LogP contribution in [0.2, 0.25) is 0 Å². The van der Waals surface area contributed by atoms with Gasteiger partial charge >= 0.3 is 6.18 Å². The summed E-state index contributed by atoms with van der Waals surface area (Å²) in [5.74, 6) is 1.47. The zero-order chi connectivity index (χ0) is 20.9. The zero-order valence-corrected chi connectivity index (χ0v) is 16.5. The second kappa shape index (κ2) is 7.36. The van der Waals surface area contributed by atoms with Crippen molar-refractivity contribution in [2.75, 3.05) is 23.0 Å². The molecule has 30 heavy (non-hydrogen) atoms. The second-order valence-electron chi connectivity index (χ2n) is 7.29. The number of ether oxygens (including phenoxy) is 1. The highest BCUT2D eigenvalue weighted by atomic mass is 32.2. The minimum atomic E-state index is -4.46. The number of para-hydroxylation sites is 1. The molecule has 0 aliphatic carbocycles. The Hall–Kier alpha value is -2.43. The number of aliphatic hydroxyl groups excluding tert-OH is 1. The lowest BCUT2D eigenvalue weighted by Crippen LogP contribution is -2.50. The van der Waals surface area contributed by atoms with Crippen molar-refractivity contribution in [3.63, 3.8) is 0 Å². The third-order valence-electron chi connectivity index (χ3n) is 5.27. The summed E-state index contributed by atoms with van der Waals surface area (Å²) < 4.78 is 45.1. The number of aliphatic hydroxyl groups is 1. The number of fused-ring (bicyclic) bond motifs is 2. The highest BCUT2D eigenvalue weighted by Gasteiger charge is 2.38. The summed E-state index contributed by atoms with van der Waals surface area (Å²) in [7, 11) is 0. The van der Waals surface area contributed by atoms with Gasteiger partial charge in [-0.05, 0) is 35.9 Å². The summed E-state index contributed by atoms with van der Waals surface area (Å²) in [5, 5.41) is 20.0. The number of rotatable bonds is 4. The molecule has 0 radical (unpaired) electrons. The predicted molar refractivity (Wildman–Crippen MR) is 110 cm³/mol. The van der Waals surface area contributed by atoms with Crippen LogP contribution in [0, 0.1) is 0 Å². The van der Waals surface area contributed by atoms with Gasteiger partial charge in [-0.3, -0.25) is 10.3 Å². The molecule has 0 saturated heterocycles. The minimum absolute atomic E-state index is 0.0277. The normalized spacial score (nSPS) is 23.1. The van der Waals surface area contributed by atoms with E-state index in [-0.39, 0.29) is 5.69 Å². The molecule has 0 bridgehead atoms. The third kappa shape index (κ3) is 3.59. The molecule has 158 valence electrons. The summed E-state index contributed by atoms with van der Waals surface area (Å²) in [6, 6.07) is 9.47. The molecule has 2 aromatic carbocycles. The summed E-state index contributed by atoms with van der Waals surface area (Å²) in [5.41, 5.74) is 1.69. The smallest absolute Gasteiger partial charge is 0.418 e. The molecular weight excluding hydrogens is 417 g/mol. The number of hydrogen-bond donors (Lipinski definition) is 4. The Balaban J connectivity index is 1.26. The number of aliphatic imine (C=N–C) groups is 1. The van der Waals surface area contributed by atoms with Crippen LogP contribution in [0.3, 0.4) is 0 Å². The SMILES string of the molecule is OC(NC1Nc2cccc(C(F)(F)F)c2N1)C1CSC(c2ccc3c(c2)CCO3)=N1. The highest BCUT2D eigenvalue weighted by Crippen LogP contribution is 2.41. The molecule has 3 aliphatic rings. The van der Waals surface area contributed by atoms with Gasteiger partial charge in [0.25, 0.3) is 0 Å². The van der Waals surface area contributed by atoms with Gasteiger partial charge in [-0.1, -0.05) is 6.07 Å². The van der Waals surface area contributed by atoms with E-state index in [1.54, 1.807) is 17.8 Å². The largest absolute Gasteiger partial charge is 0.493 e. The Morgan fingerprint density at radius 3 is 2.93 bits per heavy atom. The molecule has 3 atom stereocenters. The van der Waals surface area contributed by atoms with Crippen molar-refractivity contribution in [3.8, 4) is 5.75 Å². The topological polar surface area (TPSA) is 77.9 Å². The molecular formula is C20H19F3N4O2S. The van der Waals surface area contributed by atoms with Gasteiger partial charge in [-0.15, -0.1) is 11.8 Å². The molecule has 3 aliphatic heterocycles. The fourth-order valence-corrected chi connectivity index (χ4v) is 4.88. The van der Waals surface area contributed by atoms with Crippen molar-refractivity contribution in [3.05, 3.63) is 53.1 Å². The molecule has 0 aromatic heterocycles. The van der Waals surface area contributed by atoms with Crippen LogP contribution in [0.15, 0.2) is 41.4 Å². The van der Waals surface area contributed by atoms with E-state index >= 15 is 0 Å². The van der Waals surface area contributed by atoms with Crippen LogP contribution < -0.4 is 20.7 Å². The van der Waals surface area contributed by atoms with Gasteiger partial charge in [0.15, 0.2) is 6.29 Å². The molecule has 5 rings (SSSR count). The Morgan fingerprint density at radius 2 is 2.10 bits per heavy atom. The number of hydrogen-bond acceptors (Lipinski definition) is 7. The maximum absolute atomic E-state index is 13.2. The van der Waals surface area contributed by atoms with E-state index in [9.17, 15) is 18.3 Å². The summed E-state index contributed by atoms with van der Waals surface area (Å²) in [6.07, 6.45) is -5.36. The van der Waals surface area contributed by atoms with Crippen LogP contribution in [0.1, 0.15) is 16.7 Å². The maximum atomic E-state index is 13.2. The molecule has 6 nitrogen and oxygen atoms in total. The molecule has 4 N–H and O–H groups in total. The standard InChI is InChI=1S/C20H19F3N4O2S/c21-20(22,23)12-2-1-3-13-16(12)26-19(25-13)27-17(28)14-9-30-18(24-14)11-4-5-15-10(8-11)6-7-29-15/h1-5,8,14,17,19,25-28H,6-7,9H2. The Morgan fingerprint density at radius 1 is 1.23 bits per heavy atom. The zero-order valence-electron chi connectivity index (χ0n) is 15.7. The first-order chi connectivity index (χ1) is 14.4. The van der Waals surface area contributed by atoms with Crippen molar-refractivity contribution in [1.29, 1.82) is 0 Å². The summed E-state index contributed by atoms with van der Waals surface area (Å²) >= 11 is 1.55. The van der Waals surface area contributed by atoms with E-state index in [4.69, 9.17) is 4.74 Å². The molecule has 0 amide bonds. The maximum Gasteiger partial charge on any atom is 0.418 e. The van der Waals surface area contributed by atoms with Crippen LogP contribution in [-0.4, -0.2) is 41.1 Å². The highest BCUT2D eigenvalue weighted by molar-refractivity contribution is 8.14. The van der Waals surface area contributed by atoms with E-state index in [0.29, 0.717) is 18.0 Å². The van der Waals surface area contributed by atoms with Gasteiger partial charge < -0.3 is 20.5 Å². The molecule has 2 aromatic rings. The third-order valence-corrected chi connectivity index (χ3v) is 6.39. The molecule has 3 heterocycles. The Kier molecular flexibility index (Phi) is 4.79. The fraction of sp³-hybridized carbons (Fsp3) is 0.350. The van der Waals surface area contributed by atoms with Gasteiger partial charge in [-0.25, -0.2) is 0 Å². The van der Waals surface area contributed by atoms with Gasteiger partial charge in [0.05, 0.1) is 28.6 Å². The lowest BCUT2D eigenvalue weighted by Gasteiger charge is -2.22. The molecule has 0 saturated carbocycles. The van der Waals surface area contributed by atoms with E-state index in [1.165, 1.54) is 6.07 Å². The van der Waals surface area contributed by atoms with Crippen LogP contribution in [0.25, 0.3) is 0 Å². The van der Waals surface area contributed by atoms with Crippen LogP contribution in [-0.2, 0) is 12.6 Å². The average Bonchev–Trinajstić information content (AvgIpc) is 3.44. The number of nitrogens with zero attached hydrogens (tertiary/aromatic N) is 1. The average molecular weight is 436 g/mol. The lowest BCUT2D eigenvalue weighted by atomic mass is 10.1. The first-order valence-corrected chi connectivity index (χ1v) is 10.5. The van der Waals surface area contributed by atoms with Gasteiger partial charge in [0.1, 0.15) is 18.0 Å². The minimum Gasteiger partial charge on any atom is -0.493 e. The van der Waals surface area contributed by atoms with Crippen LogP contribution in [0.4, 0.5) is 24.5 Å². The second-order valence-corrected chi connectivity index (χ2v) is 8.30. The number of halogens is 3. The molecule has 10 heteroatoms. The monoisotopic (exact) mass is 436 g/mol. The van der Waals surface area contributed by atoms with Crippen LogP contribution >= 0.6 is 11.8 Å². The number of alkyl halides is 3. The summed E-state index contributed by atoms with van der Waals surface area (Å²) in [4.78, 5) is 4.62. The number of anilines is 2. The van der Waals surface area contributed by atoms with Crippen molar-refractivity contribution < 1.29 is 23.0 Å². The number of nitrogens with one attached hydrogen (secondary N) is 3. The van der Waals surface area contributed by atoms with Crippen LogP contribution in [0.5, 0.6) is 5.75 Å². The summed E-state index contributed by atoms with van der Waals surface area (Å²) in [6.45, 7) is 0.684. The van der Waals surface area contributed by atoms with Crippen molar-refractivity contribution >= 4 is 28.2 Å². The fourth-order valence-electron chi connectivity index (χ4n) is 3.79. The van der Waals surface area contributed by atoms with E-state index in [2.05, 4.69) is 27.0 Å². The first kappa shape index (κ1) is 19.5. The van der Waals surface area contributed by atoms with E-state index in [1.807, 2.05) is 12.1 Å². The molecule has 0 spiro atoms. The Bertz CT molecular complexity index is 1010. The van der Waals surface area contributed by atoms with Crippen molar-refractivity contribution in [1.82, 2.24) is 5.32 Å². The molecule has 0 fully saturated rings. The number of thioether (sulfide) groups is 1. The van der Waals surface area contributed by atoms with Gasteiger partial charge in [0.2, 0.25) is 0 Å². The predicted octanol–water partition coefficient (Wildman–Crippen LogP) is 3.23. The van der Waals surface area contributed by atoms with Crippen molar-refractivity contribution in [2.24, 2.45) is 4.99 Å². The first-order valence-electron chi connectivity index (χ1n) is 9.52. The number of benzene rings is 2. The van der Waals surface area contributed by atoms with E-state index < -0.39 is 30.3 Å². The van der Waals surface area contributed by atoms with E-state index in [0.717, 1.165) is 34.4 Å². The lowest BCUT2D eigenvalue weighted by molar-refractivity contribution is -0.136. The van der Waals surface area contributed by atoms with Gasteiger partial charge in [-0.2, -0.15) is 13.2 Å². The van der Waals surface area contributed by atoms with Crippen molar-refractivity contribution in [2.45, 2.75) is 31.2 Å². The quantitative estimate of drug-likeness (QED) is 0.552. The Labute approximate surface area is 174 Å². The van der Waals surface area contributed by atoms with Gasteiger partial charge in [0, 0.05) is 17.7 Å². The molecule has 3 unspecified atom stereocenters.